The van der Waals surface area contributed by atoms with E-state index < -0.39 is 5.41 Å². The minimum absolute atomic E-state index is 0.0571. The molecular weight excluding hydrogens is 235 g/mol. The minimum Gasteiger partial charge on any atom is -0.379 e. The standard InChI is InChI=1S/C13H17FN2O2/c14-11-3-1-10(2-4-11)5-6-16-12(17)13(7-15)8-18-9-13/h1-4H,5-9,15H2,(H,16,17). The largest absolute Gasteiger partial charge is 0.379 e. The second-order valence-corrected chi connectivity index (χ2v) is 4.61. The van der Waals surface area contributed by atoms with Crippen molar-refractivity contribution in [2.24, 2.45) is 11.1 Å². The summed E-state index contributed by atoms with van der Waals surface area (Å²) in [4.78, 5) is 11.9. The lowest BCUT2D eigenvalue weighted by Crippen LogP contribution is -2.58. The Bertz CT molecular complexity index is 410. The molecule has 1 aliphatic heterocycles. The van der Waals surface area contributed by atoms with Crippen molar-refractivity contribution in [3.63, 3.8) is 0 Å². The van der Waals surface area contributed by atoms with Crippen molar-refractivity contribution in [1.82, 2.24) is 5.32 Å². The van der Waals surface area contributed by atoms with Crippen LogP contribution in [0.2, 0.25) is 0 Å². The van der Waals surface area contributed by atoms with Gasteiger partial charge in [0.1, 0.15) is 11.2 Å². The van der Waals surface area contributed by atoms with E-state index in [9.17, 15) is 9.18 Å². The lowest BCUT2D eigenvalue weighted by Gasteiger charge is -2.38. The maximum Gasteiger partial charge on any atom is 0.232 e. The van der Waals surface area contributed by atoms with Crippen LogP contribution >= 0.6 is 0 Å². The molecule has 18 heavy (non-hydrogen) atoms. The van der Waals surface area contributed by atoms with Crippen LogP contribution in [0.15, 0.2) is 24.3 Å². The Labute approximate surface area is 105 Å². The third-order valence-electron chi connectivity index (χ3n) is 3.24. The molecule has 3 N–H and O–H groups in total. The van der Waals surface area contributed by atoms with Crippen LogP contribution in [0.3, 0.4) is 0 Å². The molecule has 0 unspecified atom stereocenters. The van der Waals surface area contributed by atoms with Crippen LogP contribution in [0.1, 0.15) is 5.56 Å². The van der Waals surface area contributed by atoms with E-state index >= 15 is 0 Å². The van der Waals surface area contributed by atoms with Gasteiger partial charge in [-0.1, -0.05) is 12.1 Å². The van der Waals surface area contributed by atoms with Crippen LogP contribution in [0.4, 0.5) is 4.39 Å². The van der Waals surface area contributed by atoms with Gasteiger partial charge in [0.15, 0.2) is 0 Å². The molecule has 1 aromatic carbocycles. The van der Waals surface area contributed by atoms with Crippen molar-refractivity contribution in [2.45, 2.75) is 6.42 Å². The van der Waals surface area contributed by atoms with Crippen molar-refractivity contribution in [1.29, 1.82) is 0 Å². The smallest absolute Gasteiger partial charge is 0.232 e. The maximum atomic E-state index is 12.7. The lowest BCUT2D eigenvalue weighted by molar-refractivity contribution is -0.159. The molecular formula is C13H17FN2O2. The molecule has 1 heterocycles. The molecule has 1 aliphatic rings. The molecule has 0 radical (unpaired) electrons. The van der Waals surface area contributed by atoms with E-state index in [-0.39, 0.29) is 11.7 Å². The summed E-state index contributed by atoms with van der Waals surface area (Å²) in [5, 5.41) is 2.85. The number of hydrogen-bond donors (Lipinski definition) is 2. The summed E-state index contributed by atoms with van der Waals surface area (Å²) < 4.78 is 17.7. The Kier molecular flexibility index (Phi) is 3.93. The predicted molar refractivity (Wildman–Crippen MR) is 65.4 cm³/mol. The third kappa shape index (κ3) is 2.68. The maximum absolute atomic E-state index is 12.7. The molecule has 98 valence electrons. The van der Waals surface area contributed by atoms with Gasteiger partial charge in [-0.2, -0.15) is 0 Å². The minimum atomic E-state index is -0.539. The molecule has 1 saturated heterocycles. The highest BCUT2D eigenvalue weighted by molar-refractivity contribution is 5.84. The second kappa shape index (κ2) is 5.46. The highest BCUT2D eigenvalue weighted by atomic mass is 19.1. The zero-order chi connectivity index (χ0) is 13.0. The first-order valence-corrected chi connectivity index (χ1v) is 5.97. The Hall–Kier alpha value is -1.46. The topological polar surface area (TPSA) is 64.4 Å². The van der Waals surface area contributed by atoms with E-state index in [0.717, 1.165) is 5.56 Å². The normalized spacial score (nSPS) is 17.0. The quantitative estimate of drug-likeness (QED) is 0.800. The second-order valence-electron chi connectivity index (χ2n) is 4.61. The highest BCUT2D eigenvalue weighted by Gasteiger charge is 2.44. The Morgan fingerprint density at radius 1 is 1.39 bits per heavy atom. The van der Waals surface area contributed by atoms with Gasteiger partial charge in [-0.3, -0.25) is 4.79 Å². The molecule has 0 saturated carbocycles. The number of nitrogens with two attached hydrogens (primary N) is 1. The highest BCUT2D eigenvalue weighted by Crippen LogP contribution is 2.25. The Balaban J connectivity index is 1.78. The van der Waals surface area contributed by atoms with Crippen LogP contribution in [0.5, 0.6) is 0 Å². The molecule has 2 rings (SSSR count). The first-order valence-electron chi connectivity index (χ1n) is 5.97. The van der Waals surface area contributed by atoms with Crippen molar-refractivity contribution in [3.8, 4) is 0 Å². The van der Waals surface area contributed by atoms with E-state index in [4.69, 9.17) is 10.5 Å². The number of hydrogen-bond acceptors (Lipinski definition) is 3. The molecule has 0 atom stereocenters. The van der Waals surface area contributed by atoms with Gasteiger partial charge in [0.05, 0.1) is 13.2 Å². The van der Waals surface area contributed by atoms with Gasteiger partial charge in [0.2, 0.25) is 5.91 Å². The van der Waals surface area contributed by atoms with E-state index in [0.29, 0.717) is 32.7 Å². The van der Waals surface area contributed by atoms with Gasteiger partial charge in [-0.25, -0.2) is 4.39 Å². The number of benzene rings is 1. The van der Waals surface area contributed by atoms with Gasteiger partial charge < -0.3 is 15.8 Å². The zero-order valence-electron chi connectivity index (χ0n) is 10.1. The van der Waals surface area contributed by atoms with E-state index in [1.165, 1.54) is 12.1 Å². The summed E-state index contributed by atoms with van der Waals surface area (Å²) in [6.45, 7) is 1.61. The number of carbonyl (C=O) groups is 1. The monoisotopic (exact) mass is 252 g/mol. The van der Waals surface area contributed by atoms with Crippen LogP contribution in [0.25, 0.3) is 0 Å². The van der Waals surface area contributed by atoms with Crippen molar-refractivity contribution in [2.75, 3.05) is 26.3 Å². The number of halogens is 1. The lowest BCUT2D eigenvalue weighted by atomic mass is 9.85. The molecule has 5 heteroatoms. The van der Waals surface area contributed by atoms with E-state index in [1.54, 1.807) is 12.1 Å². The molecule has 1 amide bonds. The van der Waals surface area contributed by atoms with Crippen LogP contribution < -0.4 is 11.1 Å². The average Bonchev–Trinajstić information content (AvgIpc) is 2.31. The SMILES string of the molecule is NCC1(C(=O)NCCc2ccc(F)cc2)COC1. The summed E-state index contributed by atoms with van der Waals surface area (Å²) in [5.41, 5.74) is 6.04. The average molecular weight is 252 g/mol. The van der Waals surface area contributed by atoms with Gasteiger partial charge in [0, 0.05) is 13.1 Å². The Morgan fingerprint density at radius 2 is 2.06 bits per heavy atom. The van der Waals surface area contributed by atoms with Crippen LogP contribution in [0, 0.1) is 11.2 Å². The fourth-order valence-electron chi connectivity index (χ4n) is 1.85. The molecule has 0 aliphatic carbocycles. The van der Waals surface area contributed by atoms with E-state index in [2.05, 4.69) is 5.32 Å². The van der Waals surface area contributed by atoms with E-state index in [1.807, 2.05) is 0 Å². The summed E-state index contributed by atoms with van der Waals surface area (Å²) in [6, 6.07) is 6.26. The zero-order valence-corrected chi connectivity index (χ0v) is 10.1. The number of amides is 1. The van der Waals surface area contributed by atoms with Crippen molar-refractivity contribution in [3.05, 3.63) is 35.6 Å². The van der Waals surface area contributed by atoms with Gasteiger partial charge in [-0.05, 0) is 24.1 Å². The van der Waals surface area contributed by atoms with Gasteiger partial charge >= 0.3 is 0 Å². The first kappa shape index (κ1) is 13.0. The summed E-state index contributed by atoms with van der Waals surface area (Å²) >= 11 is 0. The third-order valence-corrected chi connectivity index (χ3v) is 3.24. The summed E-state index contributed by atoms with van der Waals surface area (Å²) in [6.07, 6.45) is 0.674. The first-order chi connectivity index (χ1) is 8.66. The fourth-order valence-corrected chi connectivity index (χ4v) is 1.85. The van der Waals surface area contributed by atoms with Gasteiger partial charge in [0.25, 0.3) is 0 Å². The molecule has 0 aromatic heterocycles. The van der Waals surface area contributed by atoms with Crippen molar-refractivity contribution < 1.29 is 13.9 Å². The molecule has 4 nitrogen and oxygen atoms in total. The molecule has 1 fully saturated rings. The predicted octanol–water partition coefficient (Wildman–Crippen LogP) is 0.460. The van der Waals surface area contributed by atoms with Crippen LogP contribution in [-0.4, -0.2) is 32.2 Å². The molecule has 1 aromatic rings. The van der Waals surface area contributed by atoms with Crippen LogP contribution in [-0.2, 0) is 16.0 Å². The summed E-state index contributed by atoms with van der Waals surface area (Å²) in [5.74, 6) is -0.310. The fraction of sp³-hybridized carbons (Fsp3) is 0.462. The number of ether oxygens (including phenoxy) is 1. The molecule has 0 spiro atoms. The summed E-state index contributed by atoms with van der Waals surface area (Å²) in [7, 11) is 0. The number of carbonyl (C=O) groups excluding carboxylic acids is 1. The number of nitrogens with one attached hydrogen (secondary N) is 1. The number of rotatable bonds is 5. The Morgan fingerprint density at radius 3 is 2.56 bits per heavy atom. The molecule has 0 bridgehead atoms. The van der Waals surface area contributed by atoms with Crippen molar-refractivity contribution >= 4 is 5.91 Å². The van der Waals surface area contributed by atoms with Gasteiger partial charge in [-0.15, -0.1) is 0 Å².